The van der Waals surface area contributed by atoms with E-state index in [-0.39, 0.29) is 6.61 Å². The van der Waals surface area contributed by atoms with Gasteiger partial charge in [-0.05, 0) is 47.5 Å². The van der Waals surface area contributed by atoms with Gasteiger partial charge in [-0.3, -0.25) is 4.79 Å². The van der Waals surface area contributed by atoms with Crippen molar-refractivity contribution in [3.63, 3.8) is 0 Å². The number of aryl methyl sites for hydroxylation is 1. The van der Waals surface area contributed by atoms with E-state index in [9.17, 15) is 9.59 Å². The molecular formula is C15H15BrClNO3. The molecule has 0 aliphatic rings. The molecule has 4 nitrogen and oxygen atoms in total. The molecule has 0 fully saturated rings. The van der Waals surface area contributed by atoms with Gasteiger partial charge in [-0.15, -0.1) is 0 Å². The van der Waals surface area contributed by atoms with Crippen LogP contribution in [0.1, 0.15) is 12.5 Å². The molecule has 21 heavy (non-hydrogen) atoms. The first-order chi connectivity index (χ1) is 9.93. The van der Waals surface area contributed by atoms with Crippen LogP contribution >= 0.6 is 27.5 Å². The Labute approximate surface area is 136 Å². The molecule has 0 bridgehead atoms. The second-order valence-electron chi connectivity index (χ2n) is 4.12. The molecule has 6 heteroatoms. The zero-order chi connectivity index (χ0) is 15.8. The van der Waals surface area contributed by atoms with Crippen LogP contribution in [0.2, 0.25) is 5.02 Å². The van der Waals surface area contributed by atoms with Crippen LogP contribution in [0.15, 0.2) is 40.9 Å². The minimum Gasteiger partial charge on any atom is -0.452 e. The van der Waals surface area contributed by atoms with Gasteiger partial charge in [0.05, 0.1) is 5.02 Å². The summed E-state index contributed by atoms with van der Waals surface area (Å²) in [4.78, 5) is 23.0. The van der Waals surface area contributed by atoms with Gasteiger partial charge in [0.15, 0.2) is 6.61 Å². The molecule has 1 rings (SSSR count). The number of amides is 1. The van der Waals surface area contributed by atoms with Gasteiger partial charge in [0.1, 0.15) is 0 Å². The number of carbonyl (C=O) groups excluding carboxylic acids is 2. The zero-order valence-corrected chi connectivity index (χ0v) is 14.0. The van der Waals surface area contributed by atoms with E-state index in [4.69, 9.17) is 16.3 Å². The lowest BCUT2D eigenvalue weighted by Gasteiger charge is -2.10. The first-order valence-electron chi connectivity index (χ1n) is 6.15. The maximum Gasteiger partial charge on any atom is 0.331 e. The van der Waals surface area contributed by atoms with Crippen LogP contribution in [0.5, 0.6) is 0 Å². The number of allylic oxidation sites excluding steroid dienone is 3. The third kappa shape index (κ3) is 6.14. The van der Waals surface area contributed by atoms with Gasteiger partial charge in [-0.2, -0.15) is 0 Å². The van der Waals surface area contributed by atoms with E-state index < -0.39 is 11.9 Å². The molecule has 1 amide bonds. The zero-order valence-electron chi connectivity index (χ0n) is 11.7. The molecule has 0 radical (unpaired) electrons. The quantitative estimate of drug-likeness (QED) is 0.482. The fraction of sp³-hybridized carbons (Fsp3) is 0.200. The molecule has 0 aliphatic heterocycles. The van der Waals surface area contributed by atoms with E-state index in [1.807, 2.05) is 13.8 Å². The van der Waals surface area contributed by atoms with Gasteiger partial charge in [0.25, 0.3) is 5.91 Å². The fourth-order valence-electron chi connectivity index (χ4n) is 1.40. The Morgan fingerprint density at radius 2 is 2.10 bits per heavy atom. The third-order valence-electron chi connectivity index (χ3n) is 2.42. The van der Waals surface area contributed by atoms with Crippen molar-refractivity contribution in [2.45, 2.75) is 13.8 Å². The number of nitrogens with one attached hydrogen (secondary N) is 1. The lowest BCUT2D eigenvalue weighted by molar-refractivity contribution is -0.142. The molecule has 112 valence electrons. The monoisotopic (exact) mass is 371 g/mol. The van der Waals surface area contributed by atoms with Gasteiger partial charge in [-0.1, -0.05) is 29.8 Å². The smallest absolute Gasteiger partial charge is 0.331 e. The number of hydrogen-bond donors (Lipinski definition) is 1. The van der Waals surface area contributed by atoms with Crippen molar-refractivity contribution < 1.29 is 14.3 Å². The molecule has 0 aromatic heterocycles. The van der Waals surface area contributed by atoms with Crippen LogP contribution in [0.3, 0.4) is 0 Å². The fourth-order valence-corrected chi connectivity index (χ4v) is 2.02. The van der Waals surface area contributed by atoms with Crippen LogP contribution in [0.4, 0.5) is 5.69 Å². The number of rotatable bonds is 5. The average Bonchev–Trinajstić information content (AvgIpc) is 2.43. The van der Waals surface area contributed by atoms with Crippen molar-refractivity contribution in [3.05, 3.63) is 51.5 Å². The van der Waals surface area contributed by atoms with Gasteiger partial charge in [0, 0.05) is 16.2 Å². The second kappa shape index (κ2) is 8.64. The number of carbonyl (C=O) groups is 2. The van der Waals surface area contributed by atoms with E-state index >= 15 is 0 Å². The second-order valence-corrected chi connectivity index (χ2v) is 5.38. The maximum atomic E-state index is 11.7. The Morgan fingerprint density at radius 3 is 2.76 bits per heavy atom. The molecule has 0 aliphatic carbocycles. The van der Waals surface area contributed by atoms with Crippen molar-refractivity contribution >= 4 is 45.1 Å². The molecule has 0 atom stereocenters. The van der Waals surface area contributed by atoms with E-state index in [1.54, 1.807) is 30.4 Å². The van der Waals surface area contributed by atoms with Crippen LogP contribution in [-0.2, 0) is 14.3 Å². The number of anilines is 1. The molecule has 0 heterocycles. The molecule has 1 aromatic carbocycles. The van der Waals surface area contributed by atoms with E-state index in [0.29, 0.717) is 10.7 Å². The van der Waals surface area contributed by atoms with Crippen LogP contribution in [-0.4, -0.2) is 18.5 Å². The SMILES string of the molecule is C/C=C/C=C/C(=O)OCC(=O)Nc1cc(Cl)c(Br)cc1C. The molecule has 1 aromatic rings. The van der Waals surface area contributed by atoms with Gasteiger partial charge < -0.3 is 10.1 Å². The summed E-state index contributed by atoms with van der Waals surface area (Å²) in [5.41, 5.74) is 1.42. The minimum absolute atomic E-state index is 0.355. The van der Waals surface area contributed by atoms with Gasteiger partial charge >= 0.3 is 5.97 Å². The van der Waals surface area contributed by atoms with E-state index in [2.05, 4.69) is 21.2 Å². The molecule has 1 N–H and O–H groups in total. The van der Waals surface area contributed by atoms with Crippen molar-refractivity contribution in [2.75, 3.05) is 11.9 Å². The Morgan fingerprint density at radius 1 is 1.38 bits per heavy atom. The molecule has 0 unspecified atom stereocenters. The highest BCUT2D eigenvalue weighted by Crippen LogP contribution is 2.28. The highest BCUT2D eigenvalue weighted by atomic mass is 79.9. The van der Waals surface area contributed by atoms with Gasteiger partial charge in [-0.25, -0.2) is 4.79 Å². The molecule has 0 saturated heterocycles. The van der Waals surface area contributed by atoms with Gasteiger partial charge in [0.2, 0.25) is 0 Å². The third-order valence-corrected chi connectivity index (χ3v) is 3.62. The average molecular weight is 373 g/mol. The lowest BCUT2D eigenvalue weighted by atomic mass is 10.2. The predicted molar refractivity (Wildman–Crippen MR) is 87.4 cm³/mol. The predicted octanol–water partition coefficient (Wildman–Crippen LogP) is 4.02. The number of hydrogen-bond acceptors (Lipinski definition) is 3. The largest absolute Gasteiger partial charge is 0.452 e. The number of esters is 1. The van der Waals surface area contributed by atoms with E-state index in [1.165, 1.54) is 6.08 Å². The molecule has 0 spiro atoms. The lowest BCUT2D eigenvalue weighted by Crippen LogP contribution is -2.20. The standard InChI is InChI=1S/C15H15BrClNO3/c1-3-4-5-6-15(20)21-9-14(19)18-13-8-12(17)11(16)7-10(13)2/h3-8H,9H2,1-2H3,(H,18,19)/b4-3+,6-5+. The summed E-state index contributed by atoms with van der Waals surface area (Å²) in [6, 6.07) is 3.43. The van der Waals surface area contributed by atoms with E-state index in [0.717, 1.165) is 10.0 Å². The van der Waals surface area contributed by atoms with Crippen molar-refractivity contribution in [3.8, 4) is 0 Å². The minimum atomic E-state index is -0.575. The molecule has 0 saturated carbocycles. The number of halogens is 2. The Balaban J connectivity index is 2.55. The van der Waals surface area contributed by atoms with Crippen LogP contribution < -0.4 is 5.32 Å². The Kier molecular flexibility index (Phi) is 7.19. The topological polar surface area (TPSA) is 55.4 Å². The highest BCUT2D eigenvalue weighted by molar-refractivity contribution is 9.10. The number of ether oxygens (including phenoxy) is 1. The van der Waals surface area contributed by atoms with Crippen molar-refractivity contribution in [1.82, 2.24) is 0 Å². The Hall–Kier alpha value is -1.59. The number of benzene rings is 1. The Bertz CT molecular complexity index is 597. The summed E-state index contributed by atoms with van der Waals surface area (Å²) in [6.07, 6.45) is 6.25. The van der Waals surface area contributed by atoms with Crippen molar-refractivity contribution in [2.24, 2.45) is 0 Å². The highest BCUT2D eigenvalue weighted by Gasteiger charge is 2.09. The summed E-state index contributed by atoms with van der Waals surface area (Å²) in [7, 11) is 0. The normalized spacial score (nSPS) is 11.0. The van der Waals surface area contributed by atoms with Crippen LogP contribution in [0, 0.1) is 6.92 Å². The summed E-state index contributed by atoms with van der Waals surface area (Å²) in [6.45, 7) is 3.31. The summed E-state index contributed by atoms with van der Waals surface area (Å²) in [5, 5.41) is 3.13. The first-order valence-corrected chi connectivity index (χ1v) is 7.32. The summed E-state index contributed by atoms with van der Waals surface area (Å²) >= 11 is 9.27. The van der Waals surface area contributed by atoms with Crippen LogP contribution in [0.25, 0.3) is 0 Å². The first kappa shape index (κ1) is 17.5. The van der Waals surface area contributed by atoms with Crippen molar-refractivity contribution in [1.29, 1.82) is 0 Å². The maximum absolute atomic E-state index is 11.7. The summed E-state index contributed by atoms with van der Waals surface area (Å²) in [5.74, 6) is -1.00. The summed E-state index contributed by atoms with van der Waals surface area (Å²) < 4.78 is 5.55. The molecular weight excluding hydrogens is 358 g/mol.